The molecule has 1 N–H and O–H groups in total. The fraction of sp³-hybridized carbons (Fsp3) is 0.267. The first kappa shape index (κ1) is 33.3. The Hall–Kier alpha value is -3.58. The van der Waals surface area contributed by atoms with Crippen LogP contribution < -0.4 is 4.72 Å². The number of hydrogen-bond acceptors (Lipinski definition) is 6. The Morgan fingerprint density at radius 3 is 2.41 bits per heavy atom. The Labute approximate surface area is 262 Å². The van der Waals surface area contributed by atoms with E-state index in [0.29, 0.717) is 27.8 Å². The Kier molecular flexibility index (Phi) is 9.99. The van der Waals surface area contributed by atoms with Gasteiger partial charge in [0.15, 0.2) is 17.4 Å². The molecule has 0 saturated heterocycles. The van der Waals surface area contributed by atoms with Crippen LogP contribution in [0.4, 0.5) is 13.2 Å². The topological polar surface area (TPSA) is 111 Å². The van der Waals surface area contributed by atoms with E-state index in [1.54, 1.807) is 19.1 Å². The van der Waals surface area contributed by atoms with E-state index in [-0.39, 0.29) is 46.8 Å². The molecule has 0 aliphatic rings. The molecule has 0 bridgehead atoms. The van der Waals surface area contributed by atoms with Gasteiger partial charge in [-0.05, 0) is 72.5 Å². The van der Waals surface area contributed by atoms with Crippen molar-refractivity contribution in [1.82, 2.24) is 19.5 Å². The van der Waals surface area contributed by atoms with Gasteiger partial charge in [-0.2, -0.15) is 18.3 Å². The van der Waals surface area contributed by atoms with Gasteiger partial charge in [-0.15, -0.1) is 0 Å². The summed E-state index contributed by atoms with van der Waals surface area (Å²) in [7, 11) is -4.40. The highest BCUT2D eigenvalue weighted by molar-refractivity contribution is 7.89. The zero-order chi connectivity index (χ0) is 32.4. The van der Waals surface area contributed by atoms with E-state index in [2.05, 4.69) is 14.8 Å². The van der Waals surface area contributed by atoms with Gasteiger partial charge in [0.05, 0.1) is 27.7 Å². The van der Waals surface area contributed by atoms with Crippen molar-refractivity contribution in [3.8, 4) is 5.82 Å². The zero-order valence-corrected chi connectivity index (χ0v) is 26.1. The number of ketones is 2. The van der Waals surface area contributed by atoms with Crippen LogP contribution in [0.25, 0.3) is 5.82 Å². The molecular weight excluding hydrogens is 640 g/mol. The van der Waals surface area contributed by atoms with Crippen molar-refractivity contribution in [1.29, 1.82) is 0 Å². The quantitative estimate of drug-likeness (QED) is 0.172. The molecule has 4 aromatic rings. The van der Waals surface area contributed by atoms with Crippen molar-refractivity contribution < 1.29 is 31.2 Å². The molecule has 0 unspecified atom stereocenters. The highest BCUT2D eigenvalue weighted by atomic mass is 35.5. The van der Waals surface area contributed by atoms with Gasteiger partial charge < -0.3 is 0 Å². The second-order valence-electron chi connectivity index (χ2n) is 10.5. The Balaban J connectivity index is 1.70. The van der Waals surface area contributed by atoms with Gasteiger partial charge >= 0.3 is 6.18 Å². The van der Waals surface area contributed by atoms with Crippen LogP contribution in [0.5, 0.6) is 0 Å². The van der Waals surface area contributed by atoms with Crippen molar-refractivity contribution in [2.24, 2.45) is 5.92 Å². The SMILES string of the molecule is Cc1cc(Cl)cc(C(=O)CC(C)C)c1CC(=O)c1cc(CNS(=O)(=O)c2cccc(C(F)(F)F)c2)nn1-c1ncccc1Cl. The fourth-order valence-electron chi connectivity index (χ4n) is 4.49. The number of pyridine rings is 1. The predicted octanol–water partition coefficient (Wildman–Crippen LogP) is 7.03. The average molecular weight is 668 g/mol. The predicted molar refractivity (Wildman–Crippen MR) is 160 cm³/mol. The molecular formula is C30H27Cl2F3N4O4S. The van der Waals surface area contributed by atoms with E-state index in [4.69, 9.17) is 23.2 Å². The highest BCUT2D eigenvalue weighted by Gasteiger charge is 2.32. The molecule has 0 aliphatic carbocycles. The number of sulfonamides is 1. The van der Waals surface area contributed by atoms with Gasteiger partial charge in [0, 0.05) is 29.6 Å². The summed E-state index contributed by atoms with van der Waals surface area (Å²) in [4.78, 5) is 30.5. The molecule has 8 nitrogen and oxygen atoms in total. The second kappa shape index (κ2) is 13.2. The van der Waals surface area contributed by atoms with Gasteiger partial charge in [0.25, 0.3) is 0 Å². The largest absolute Gasteiger partial charge is 0.416 e. The van der Waals surface area contributed by atoms with Crippen LogP contribution in [0.15, 0.2) is 65.7 Å². The Morgan fingerprint density at radius 1 is 1.02 bits per heavy atom. The lowest BCUT2D eigenvalue weighted by Gasteiger charge is -2.14. The minimum Gasteiger partial charge on any atom is -0.294 e. The van der Waals surface area contributed by atoms with Gasteiger partial charge in [0.2, 0.25) is 10.0 Å². The summed E-state index contributed by atoms with van der Waals surface area (Å²) in [5, 5.41) is 4.85. The first-order chi connectivity index (χ1) is 20.6. The number of alkyl halides is 3. The lowest BCUT2D eigenvalue weighted by Crippen LogP contribution is -2.24. The third-order valence-corrected chi connectivity index (χ3v) is 8.48. The van der Waals surface area contributed by atoms with Crippen LogP contribution in [0.3, 0.4) is 0 Å². The molecule has 2 aromatic heterocycles. The lowest BCUT2D eigenvalue weighted by molar-refractivity contribution is -0.137. The van der Waals surface area contributed by atoms with Gasteiger partial charge in [0.1, 0.15) is 5.69 Å². The number of aryl methyl sites for hydroxylation is 1. The summed E-state index contributed by atoms with van der Waals surface area (Å²) in [6, 6.07) is 10.9. The summed E-state index contributed by atoms with van der Waals surface area (Å²) in [5.74, 6) is -0.483. The molecule has 0 amide bonds. The van der Waals surface area contributed by atoms with Crippen molar-refractivity contribution in [3.05, 3.63) is 104 Å². The number of halogens is 5. The maximum Gasteiger partial charge on any atom is 0.416 e. The standard InChI is InChI=1S/C30H27Cl2F3N4O4S/c1-17(2)10-27(40)24-13-20(31)11-18(3)23(24)15-28(41)26-14-21(38-39(26)29-25(32)8-5-9-36-29)16-37-44(42,43)22-7-4-6-19(12-22)30(33,34)35/h4-9,11-14,17,37H,10,15-16H2,1-3H3. The summed E-state index contributed by atoms with van der Waals surface area (Å²) in [5.41, 5.74) is 0.384. The maximum atomic E-state index is 13.8. The molecule has 0 saturated carbocycles. The Morgan fingerprint density at radius 2 is 1.75 bits per heavy atom. The molecule has 2 heterocycles. The van der Waals surface area contributed by atoms with Crippen LogP contribution in [-0.4, -0.2) is 34.7 Å². The van der Waals surface area contributed by atoms with Crippen LogP contribution >= 0.6 is 23.2 Å². The molecule has 44 heavy (non-hydrogen) atoms. The zero-order valence-electron chi connectivity index (χ0n) is 23.7. The Bertz CT molecular complexity index is 1840. The van der Waals surface area contributed by atoms with Crippen molar-refractivity contribution >= 4 is 44.8 Å². The lowest BCUT2D eigenvalue weighted by atomic mass is 9.91. The van der Waals surface area contributed by atoms with E-state index >= 15 is 0 Å². The first-order valence-corrected chi connectivity index (χ1v) is 15.5. The van der Waals surface area contributed by atoms with Gasteiger partial charge in [-0.1, -0.05) is 43.1 Å². The summed E-state index contributed by atoms with van der Waals surface area (Å²) >= 11 is 12.6. The number of carbonyl (C=O) groups excluding carboxylic acids is 2. The summed E-state index contributed by atoms with van der Waals surface area (Å²) < 4.78 is 68.6. The number of benzene rings is 2. The third kappa shape index (κ3) is 7.73. The molecule has 232 valence electrons. The number of carbonyl (C=O) groups is 2. The van der Waals surface area contributed by atoms with Crippen molar-refractivity contribution in [2.75, 3.05) is 0 Å². The van der Waals surface area contributed by atoms with Crippen molar-refractivity contribution in [3.63, 3.8) is 0 Å². The van der Waals surface area contributed by atoms with E-state index in [0.717, 1.165) is 18.2 Å². The summed E-state index contributed by atoms with van der Waals surface area (Å²) in [6.45, 7) is 5.08. The number of nitrogens with one attached hydrogen (secondary N) is 1. The maximum absolute atomic E-state index is 13.8. The molecule has 4 rings (SSSR count). The molecule has 0 spiro atoms. The number of nitrogens with zero attached hydrogens (tertiary/aromatic N) is 3. The highest BCUT2D eigenvalue weighted by Crippen LogP contribution is 2.31. The van der Waals surface area contributed by atoms with E-state index in [9.17, 15) is 31.2 Å². The smallest absolute Gasteiger partial charge is 0.294 e. The van der Waals surface area contributed by atoms with E-state index in [1.165, 1.54) is 29.1 Å². The molecule has 14 heteroatoms. The van der Waals surface area contributed by atoms with Crippen LogP contribution in [0, 0.1) is 12.8 Å². The molecule has 0 fully saturated rings. The van der Waals surface area contributed by atoms with Crippen LogP contribution in [0.2, 0.25) is 10.0 Å². The van der Waals surface area contributed by atoms with Crippen molar-refractivity contribution in [2.45, 2.75) is 51.2 Å². The van der Waals surface area contributed by atoms with Gasteiger partial charge in [-0.3, -0.25) is 9.59 Å². The number of rotatable bonds is 11. The van der Waals surface area contributed by atoms with E-state index < -0.39 is 39.0 Å². The first-order valence-electron chi connectivity index (χ1n) is 13.3. The molecule has 0 atom stereocenters. The average Bonchev–Trinajstić information content (AvgIpc) is 3.37. The number of hydrogen-bond donors (Lipinski definition) is 1. The minimum atomic E-state index is -4.73. The molecule has 0 radical (unpaired) electrons. The fourth-order valence-corrected chi connectivity index (χ4v) is 6.01. The molecule has 0 aliphatic heterocycles. The normalized spacial score (nSPS) is 12.1. The minimum absolute atomic E-state index is 0.00419. The third-order valence-electron chi connectivity index (χ3n) is 6.57. The van der Waals surface area contributed by atoms with E-state index in [1.807, 2.05) is 13.8 Å². The monoisotopic (exact) mass is 666 g/mol. The summed E-state index contributed by atoms with van der Waals surface area (Å²) in [6.07, 6.45) is -3.27. The second-order valence-corrected chi connectivity index (χ2v) is 13.1. The van der Waals surface area contributed by atoms with Gasteiger partial charge in [-0.25, -0.2) is 22.8 Å². The van der Waals surface area contributed by atoms with Crippen LogP contribution in [-0.2, 0) is 29.2 Å². The number of aromatic nitrogens is 3. The van der Waals surface area contributed by atoms with Crippen LogP contribution in [0.1, 0.15) is 63.5 Å². The molecule has 2 aromatic carbocycles. The number of Topliss-reactive ketones (excluding diaryl/α,β-unsaturated/α-hetero) is 2.